The topological polar surface area (TPSA) is 70.1 Å². The molecule has 5 atom stereocenters. The third kappa shape index (κ3) is 1.80. The predicted molar refractivity (Wildman–Crippen MR) is 102 cm³/mol. The minimum absolute atomic E-state index is 0.00586. The molecule has 0 aromatic heterocycles. The average molecular weight is 380 g/mol. The Morgan fingerprint density at radius 1 is 1.25 bits per heavy atom. The van der Waals surface area contributed by atoms with Gasteiger partial charge < -0.3 is 19.6 Å². The number of rotatable bonds is 0. The van der Waals surface area contributed by atoms with Gasteiger partial charge in [0, 0.05) is 24.6 Å². The Kier molecular flexibility index (Phi) is 3.21. The Morgan fingerprint density at radius 2 is 2.07 bits per heavy atom. The third-order valence-corrected chi connectivity index (χ3v) is 7.82. The molecule has 28 heavy (non-hydrogen) atoms. The second-order valence-electron chi connectivity index (χ2n) is 9.04. The highest BCUT2D eigenvalue weighted by atomic mass is 16.5. The summed E-state index contributed by atoms with van der Waals surface area (Å²) in [4.78, 5) is 31.0. The molecule has 0 radical (unpaired) electrons. The molecule has 146 valence electrons. The molecule has 5 aliphatic heterocycles. The largest absolute Gasteiger partial charge is 0.385 e. The lowest BCUT2D eigenvalue weighted by molar-refractivity contribution is -0.157. The lowest BCUT2D eigenvalue weighted by Crippen LogP contribution is -2.71. The first-order valence-electron chi connectivity index (χ1n) is 10.1. The first-order valence-corrected chi connectivity index (χ1v) is 10.1. The molecule has 1 N–H and O–H groups in total. The van der Waals surface area contributed by atoms with E-state index in [1.807, 2.05) is 42.3 Å². The number of nitrogens with zero attached hydrogens (tertiary/aromatic N) is 2. The number of benzene rings is 1. The smallest absolute Gasteiger partial charge is 0.229 e. The summed E-state index contributed by atoms with van der Waals surface area (Å²) in [5.74, 6) is -0.244. The first kappa shape index (κ1) is 16.9. The summed E-state index contributed by atoms with van der Waals surface area (Å²) in [6, 6.07) is 7.45. The zero-order valence-electron chi connectivity index (χ0n) is 15.9. The molecule has 1 aliphatic carbocycles. The number of ether oxygens (including phenoxy) is 1. The van der Waals surface area contributed by atoms with Crippen molar-refractivity contribution in [1.29, 1.82) is 0 Å². The normalized spacial score (nSPS) is 41.7. The van der Waals surface area contributed by atoms with Crippen molar-refractivity contribution >= 4 is 17.4 Å². The van der Waals surface area contributed by atoms with Gasteiger partial charge in [-0.1, -0.05) is 24.3 Å². The number of likely N-dealkylation sites (N-methyl/N-ethyl adjacent to an activating group) is 1. The van der Waals surface area contributed by atoms with Crippen LogP contribution in [0.25, 0.3) is 0 Å². The van der Waals surface area contributed by atoms with Crippen LogP contribution in [0, 0.1) is 5.92 Å². The summed E-state index contributed by atoms with van der Waals surface area (Å²) in [6.07, 6.45) is 2.58. The van der Waals surface area contributed by atoms with E-state index >= 15 is 0 Å². The summed E-state index contributed by atoms with van der Waals surface area (Å²) >= 11 is 0. The third-order valence-electron chi connectivity index (χ3n) is 7.82. The zero-order chi connectivity index (χ0) is 19.3. The first-order chi connectivity index (χ1) is 13.5. The Hall–Kier alpha value is -2.02. The maximum absolute atomic E-state index is 13.8. The molecule has 1 spiro atoms. The molecule has 6 nitrogen and oxygen atoms in total. The SMILES string of the molecule is CN1CC[C@]23C(=O)C[C@@]4(O)C(=CCO[C@H]5CC(=O)N(c6ccccc62)[C@H]3[C@H]54)C1. The molecule has 4 fully saturated rings. The molecule has 3 saturated heterocycles. The lowest BCUT2D eigenvalue weighted by Gasteiger charge is -2.56. The zero-order valence-corrected chi connectivity index (χ0v) is 15.9. The second kappa shape index (κ2) is 5.32. The highest BCUT2D eigenvalue weighted by Gasteiger charge is 2.71. The van der Waals surface area contributed by atoms with Gasteiger partial charge in [0.1, 0.15) is 11.4 Å². The van der Waals surface area contributed by atoms with Crippen LogP contribution in [0.2, 0.25) is 0 Å². The van der Waals surface area contributed by atoms with Crippen molar-refractivity contribution < 1.29 is 19.4 Å². The predicted octanol–water partition coefficient (Wildman–Crippen LogP) is 1.02. The molecule has 6 aliphatic rings. The average Bonchev–Trinajstić information content (AvgIpc) is 2.92. The molecule has 1 amide bonds. The van der Waals surface area contributed by atoms with Crippen LogP contribution < -0.4 is 4.90 Å². The summed E-state index contributed by atoms with van der Waals surface area (Å²) < 4.78 is 6.10. The fourth-order valence-corrected chi connectivity index (χ4v) is 6.65. The van der Waals surface area contributed by atoms with Crippen molar-refractivity contribution in [3.8, 4) is 0 Å². The minimum atomic E-state index is -1.26. The highest BCUT2D eigenvalue weighted by Crippen LogP contribution is 2.61. The molecule has 1 aromatic carbocycles. The molecular weight excluding hydrogens is 356 g/mol. The van der Waals surface area contributed by atoms with E-state index in [0.717, 1.165) is 23.4 Å². The van der Waals surface area contributed by atoms with E-state index in [2.05, 4.69) is 4.90 Å². The van der Waals surface area contributed by atoms with E-state index < -0.39 is 11.0 Å². The van der Waals surface area contributed by atoms with Crippen LogP contribution in [0.4, 0.5) is 5.69 Å². The Balaban J connectivity index is 1.69. The number of hydrogen-bond acceptors (Lipinski definition) is 5. The Labute approximate surface area is 163 Å². The van der Waals surface area contributed by atoms with Crippen molar-refractivity contribution in [3.05, 3.63) is 41.5 Å². The lowest BCUT2D eigenvalue weighted by atomic mass is 9.53. The van der Waals surface area contributed by atoms with E-state index in [-0.39, 0.29) is 42.6 Å². The number of hydrogen-bond donors (Lipinski definition) is 1. The number of fused-ring (bicyclic) bond motifs is 6. The van der Waals surface area contributed by atoms with Crippen LogP contribution in [0.1, 0.15) is 24.8 Å². The second-order valence-corrected chi connectivity index (χ2v) is 9.04. The van der Waals surface area contributed by atoms with Crippen LogP contribution in [-0.2, 0) is 19.7 Å². The van der Waals surface area contributed by atoms with Gasteiger partial charge >= 0.3 is 0 Å². The molecule has 7 rings (SSSR count). The van der Waals surface area contributed by atoms with Crippen LogP contribution in [0.5, 0.6) is 0 Å². The van der Waals surface area contributed by atoms with Gasteiger partial charge in [-0.05, 0) is 37.2 Å². The number of carbonyl (C=O) groups excluding carboxylic acids is 2. The van der Waals surface area contributed by atoms with Crippen LogP contribution in [-0.4, -0.2) is 66.2 Å². The number of para-hydroxylation sites is 1. The summed E-state index contributed by atoms with van der Waals surface area (Å²) in [7, 11) is 2.03. The van der Waals surface area contributed by atoms with E-state index in [4.69, 9.17) is 4.74 Å². The number of ketones is 1. The van der Waals surface area contributed by atoms with Gasteiger partial charge in [-0.2, -0.15) is 0 Å². The van der Waals surface area contributed by atoms with E-state index in [9.17, 15) is 14.7 Å². The maximum Gasteiger partial charge on any atom is 0.229 e. The van der Waals surface area contributed by atoms with Crippen molar-refractivity contribution in [2.45, 2.75) is 42.4 Å². The summed E-state index contributed by atoms with van der Waals surface area (Å²) in [6.45, 7) is 1.74. The van der Waals surface area contributed by atoms with Gasteiger partial charge in [-0.25, -0.2) is 0 Å². The molecule has 4 bridgehead atoms. The van der Waals surface area contributed by atoms with Gasteiger partial charge in [0.15, 0.2) is 0 Å². The maximum atomic E-state index is 13.8. The molecule has 0 unspecified atom stereocenters. The quantitative estimate of drug-likeness (QED) is 0.681. The monoisotopic (exact) mass is 380 g/mol. The fraction of sp³-hybridized carbons (Fsp3) is 0.545. The summed E-state index contributed by atoms with van der Waals surface area (Å²) in [5.41, 5.74) is 0.639. The number of anilines is 1. The molecular formula is C22H24N2O4. The highest BCUT2D eigenvalue weighted by molar-refractivity contribution is 6.06. The number of aliphatic hydroxyl groups is 1. The molecule has 1 aromatic rings. The van der Waals surface area contributed by atoms with Crippen molar-refractivity contribution in [1.82, 2.24) is 4.90 Å². The van der Waals surface area contributed by atoms with Crippen molar-refractivity contribution in [2.24, 2.45) is 5.92 Å². The molecule has 1 saturated carbocycles. The number of Topliss-reactive ketones (excluding diaryl/α,β-unsaturated/α-hetero) is 1. The standard InChI is InChI=1S/C22H24N2O4/c1-23-8-7-21-14-4-2-3-5-15(14)24-18(26)10-16-19(20(21)24)22(27,11-17(21)25)13(12-23)6-9-28-16/h2-6,16,19-20,27H,7-12H2,1H3/t16-,19-,20-,21+,22+/m0/s1. The fourth-order valence-electron chi connectivity index (χ4n) is 6.65. The van der Waals surface area contributed by atoms with Crippen LogP contribution in [0.3, 0.4) is 0 Å². The Morgan fingerprint density at radius 3 is 2.93 bits per heavy atom. The number of carbonyl (C=O) groups is 2. The van der Waals surface area contributed by atoms with Gasteiger partial charge in [-0.3, -0.25) is 9.59 Å². The Bertz CT molecular complexity index is 942. The molecule has 5 heterocycles. The number of piperidine rings is 1. The van der Waals surface area contributed by atoms with Gasteiger partial charge in [0.2, 0.25) is 5.91 Å². The van der Waals surface area contributed by atoms with Crippen LogP contribution in [0.15, 0.2) is 35.9 Å². The van der Waals surface area contributed by atoms with Crippen molar-refractivity contribution in [2.75, 3.05) is 31.6 Å². The van der Waals surface area contributed by atoms with E-state index in [1.54, 1.807) is 0 Å². The van der Waals surface area contributed by atoms with E-state index in [0.29, 0.717) is 19.6 Å². The van der Waals surface area contributed by atoms with Crippen molar-refractivity contribution in [3.63, 3.8) is 0 Å². The minimum Gasteiger partial charge on any atom is -0.385 e. The van der Waals surface area contributed by atoms with Gasteiger partial charge in [-0.15, -0.1) is 0 Å². The van der Waals surface area contributed by atoms with Gasteiger partial charge in [0.05, 0.1) is 30.6 Å². The van der Waals surface area contributed by atoms with E-state index in [1.165, 1.54) is 0 Å². The van der Waals surface area contributed by atoms with Crippen LogP contribution >= 0.6 is 0 Å². The molecule has 6 heteroatoms. The van der Waals surface area contributed by atoms with Gasteiger partial charge in [0.25, 0.3) is 0 Å². The summed E-state index contributed by atoms with van der Waals surface area (Å²) in [5, 5.41) is 12.0. The number of amides is 1.